The van der Waals surface area contributed by atoms with Gasteiger partial charge in [-0.05, 0) is 86.7 Å². The van der Waals surface area contributed by atoms with Crippen LogP contribution in [0.25, 0.3) is 0 Å². The summed E-state index contributed by atoms with van der Waals surface area (Å²) in [6.45, 7) is 11.6. The van der Waals surface area contributed by atoms with Crippen LogP contribution in [0.3, 0.4) is 0 Å². The van der Waals surface area contributed by atoms with E-state index in [9.17, 15) is 0 Å². The Morgan fingerprint density at radius 2 is 1.44 bits per heavy atom. The summed E-state index contributed by atoms with van der Waals surface area (Å²) in [7, 11) is 0.765. The fourth-order valence-electron chi connectivity index (χ4n) is 7.13. The van der Waals surface area contributed by atoms with Gasteiger partial charge < -0.3 is 4.43 Å². The Labute approximate surface area is 165 Å². The molecule has 0 saturated heterocycles. The van der Waals surface area contributed by atoms with Crippen LogP contribution in [-0.2, 0) is 10.8 Å². The lowest BCUT2D eigenvalue weighted by atomic mass is 9.47. The first-order valence-corrected chi connectivity index (χ1v) is 11.6. The Balaban J connectivity index is 1.97. The average Bonchev–Trinajstić information content (AvgIpc) is 2.49. The molecule has 1 aromatic carbocycles. The predicted octanol–water partition coefficient (Wildman–Crippen LogP) is 5.49. The number of hydrogen-bond donors (Lipinski definition) is 0. The maximum Gasteiger partial charge on any atom is 0.204 e. The predicted molar refractivity (Wildman–Crippen MR) is 113 cm³/mol. The highest BCUT2D eigenvalue weighted by Gasteiger charge is 2.53. The molecule has 4 aliphatic carbocycles. The molecule has 3 heteroatoms. The van der Waals surface area contributed by atoms with Crippen LogP contribution in [0.2, 0.25) is 0 Å². The molecule has 0 atom stereocenters. The summed E-state index contributed by atoms with van der Waals surface area (Å²) in [6.07, 6.45) is 8.68. The zero-order valence-electron chi connectivity index (χ0n) is 16.8. The van der Waals surface area contributed by atoms with Crippen molar-refractivity contribution in [3.63, 3.8) is 0 Å². The summed E-state index contributed by atoms with van der Waals surface area (Å²) in [5, 5.41) is 0. The van der Waals surface area contributed by atoms with E-state index in [4.69, 9.17) is 4.43 Å². The number of benzene rings is 1. The first kappa shape index (κ1) is 18.1. The van der Waals surface area contributed by atoms with E-state index in [1.54, 1.807) is 5.56 Å². The van der Waals surface area contributed by atoms with Gasteiger partial charge in [0.25, 0.3) is 0 Å². The molecule has 0 unspecified atom stereocenters. The van der Waals surface area contributed by atoms with E-state index in [1.165, 1.54) is 65.4 Å². The quantitative estimate of drug-likeness (QED) is 0.574. The van der Waals surface area contributed by atoms with Gasteiger partial charge in [0.2, 0.25) is 10.5 Å². The van der Waals surface area contributed by atoms with E-state index < -0.39 is 0 Å². The molecule has 0 amide bonds. The molecule has 1 nitrogen and oxygen atoms in total. The van der Waals surface area contributed by atoms with E-state index in [0.717, 1.165) is 28.2 Å². The Kier molecular flexibility index (Phi) is 4.24. The van der Waals surface area contributed by atoms with Gasteiger partial charge in [-0.1, -0.05) is 36.7 Å². The van der Waals surface area contributed by atoms with Crippen molar-refractivity contribution in [2.24, 2.45) is 17.8 Å². The summed E-state index contributed by atoms with van der Waals surface area (Å²) in [6, 6.07) is 0. The van der Waals surface area contributed by atoms with Gasteiger partial charge in [-0.15, -0.1) is 0 Å². The van der Waals surface area contributed by atoms with Crippen molar-refractivity contribution in [2.45, 2.75) is 84.0 Å². The number of rotatable bonds is 2. The molecule has 0 radical (unpaired) electrons. The molecule has 138 valence electrons. The second-order valence-electron chi connectivity index (χ2n) is 10.3. The Morgan fingerprint density at radius 1 is 0.960 bits per heavy atom. The molecule has 0 aromatic heterocycles. The second-order valence-corrected chi connectivity index (χ2v) is 11.5. The number of hydrogen-bond acceptors (Lipinski definition) is 1. The van der Waals surface area contributed by atoms with Crippen molar-refractivity contribution in [1.29, 1.82) is 0 Å². The molecule has 4 saturated carbocycles. The molecule has 25 heavy (non-hydrogen) atoms. The van der Waals surface area contributed by atoms with E-state index in [1.807, 2.05) is 0 Å². The van der Waals surface area contributed by atoms with Gasteiger partial charge >= 0.3 is 0 Å². The first-order chi connectivity index (χ1) is 11.7. The van der Waals surface area contributed by atoms with Crippen LogP contribution < -0.4 is 4.43 Å². The minimum Gasteiger partial charge on any atom is -0.553 e. The van der Waals surface area contributed by atoms with E-state index in [2.05, 4.69) is 50.5 Å². The summed E-state index contributed by atoms with van der Waals surface area (Å²) >= 11 is 3.97. The molecule has 4 fully saturated rings. The molecular weight excluding hydrogens is 388 g/mol. The average molecular weight is 421 g/mol. The maximum atomic E-state index is 6.33. The van der Waals surface area contributed by atoms with Crippen molar-refractivity contribution in [2.75, 3.05) is 0 Å². The van der Waals surface area contributed by atoms with Gasteiger partial charge in [0.1, 0.15) is 5.75 Å². The molecule has 0 N–H and O–H groups in total. The van der Waals surface area contributed by atoms with Gasteiger partial charge in [-0.25, -0.2) is 0 Å². The van der Waals surface area contributed by atoms with Gasteiger partial charge in [0.05, 0.1) is 0 Å². The fourth-order valence-corrected chi connectivity index (χ4v) is 7.93. The second kappa shape index (κ2) is 5.86. The van der Waals surface area contributed by atoms with Crippen molar-refractivity contribution >= 4 is 26.4 Å². The monoisotopic (exact) mass is 420 g/mol. The summed E-state index contributed by atoms with van der Waals surface area (Å²) in [5.74, 6) is 4.15. The summed E-state index contributed by atoms with van der Waals surface area (Å²) in [5.41, 5.74) is 6.35. The first-order valence-electron chi connectivity index (χ1n) is 10.0. The van der Waals surface area contributed by atoms with Crippen LogP contribution >= 0.6 is 15.9 Å². The minimum atomic E-state index is 0.108. The molecule has 0 aliphatic heterocycles. The van der Waals surface area contributed by atoms with Crippen molar-refractivity contribution in [3.05, 3.63) is 26.7 Å². The smallest absolute Gasteiger partial charge is 0.204 e. The van der Waals surface area contributed by atoms with Gasteiger partial charge in [-0.3, -0.25) is 0 Å². The van der Waals surface area contributed by atoms with Crippen LogP contribution in [0.5, 0.6) is 5.75 Å². The van der Waals surface area contributed by atoms with Gasteiger partial charge in [-0.2, -0.15) is 0 Å². The lowest BCUT2D eigenvalue weighted by Crippen LogP contribution is -2.49. The van der Waals surface area contributed by atoms with Crippen molar-refractivity contribution in [3.8, 4) is 5.75 Å². The highest BCUT2D eigenvalue weighted by molar-refractivity contribution is 9.10. The largest absolute Gasteiger partial charge is 0.553 e. The van der Waals surface area contributed by atoms with Crippen LogP contribution in [-0.4, -0.2) is 10.5 Å². The third-order valence-corrected chi connectivity index (χ3v) is 8.98. The molecular formula is C22H33BrOSi. The molecule has 0 heterocycles. The molecule has 1 aromatic rings. The Hall–Kier alpha value is -0.283. The zero-order valence-corrected chi connectivity index (χ0v) is 20.3. The Bertz CT molecular complexity index is 681. The lowest BCUT2D eigenvalue weighted by molar-refractivity contribution is -0.00617. The highest BCUT2D eigenvalue weighted by atomic mass is 79.9. The lowest BCUT2D eigenvalue weighted by Gasteiger charge is -2.58. The van der Waals surface area contributed by atoms with Gasteiger partial charge in [0.15, 0.2) is 0 Å². The van der Waals surface area contributed by atoms with E-state index >= 15 is 0 Å². The summed E-state index contributed by atoms with van der Waals surface area (Å²) in [4.78, 5) is 0. The summed E-state index contributed by atoms with van der Waals surface area (Å²) < 4.78 is 7.65. The van der Waals surface area contributed by atoms with Crippen LogP contribution in [0.15, 0.2) is 4.47 Å². The van der Waals surface area contributed by atoms with Crippen LogP contribution in [0.1, 0.15) is 81.5 Å². The number of halogens is 1. The third kappa shape index (κ3) is 2.67. The third-order valence-electron chi connectivity index (χ3n) is 7.39. The van der Waals surface area contributed by atoms with Gasteiger partial charge in [0, 0.05) is 21.0 Å². The van der Waals surface area contributed by atoms with Crippen molar-refractivity contribution < 1.29 is 4.43 Å². The molecule has 4 aliphatic rings. The van der Waals surface area contributed by atoms with Crippen molar-refractivity contribution in [1.82, 2.24) is 0 Å². The van der Waals surface area contributed by atoms with E-state index in [0.29, 0.717) is 5.41 Å². The standard InChI is InChI=1S/C22H33BrOSi/c1-12-17(21(3,4)5)20(24-25)18(13(2)19(12)23)22-9-14-6-15(10-22)8-16(7-14)11-22/h14-16H,6-11H2,1-5,25H3. The normalized spacial score (nSPS) is 33.9. The maximum absolute atomic E-state index is 6.33. The molecule has 0 spiro atoms. The van der Waals surface area contributed by atoms with Crippen LogP contribution in [0, 0.1) is 31.6 Å². The van der Waals surface area contributed by atoms with Crippen LogP contribution in [0.4, 0.5) is 0 Å². The molecule has 4 bridgehead atoms. The Morgan fingerprint density at radius 3 is 1.84 bits per heavy atom. The topological polar surface area (TPSA) is 9.23 Å². The molecule has 5 rings (SSSR count). The van der Waals surface area contributed by atoms with E-state index in [-0.39, 0.29) is 5.41 Å². The SMILES string of the molecule is Cc1c(Br)c(C)c(C23CC4CC(CC(C4)C2)C3)c(O[SiH3])c1C(C)(C)C. The minimum absolute atomic E-state index is 0.108. The fraction of sp³-hybridized carbons (Fsp3) is 0.727. The highest BCUT2D eigenvalue weighted by Crippen LogP contribution is 2.63. The zero-order chi connectivity index (χ0) is 18.1.